The summed E-state index contributed by atoms with van der Waals surface area (Å²) in [5.74, 6) is 3.54. The molecule has 0 fully saturated rings. The summed E-state index contributed by atoms with van der Waals surface area (Å²) in [6.07, 6.45) is 2.52. The van der Waals surface area contributed by atoms with Crippen LogP contribution in [0.3, 0.4) is 0 Å². The zero-order valence-corrected chi connectivity index (χ0v) is 20.0. The van der Waals surface area contributed by atoms with Crippen LogP contribution < -0.4 is 23.7 Å². The van der Waals surface area contributed by atoms with Crippen LogP contribution in [0.4, 0.5) is 0 Å². The lowest BCUT2D eigenvalue weighted by Gasteiger charge is -2.29. The highest BCUT2D eigenvalue weighted by Gasteiger charge is 2.33. The summed E-state index contributed by atoms with van der Waals surface area (Å²) in [7, 11) is 4.86. The Morgan fingerprint density at radius 2 is 1.80 bits per heavy atom. The quantitative estimate of drug-likeness (QED) is 0.460. The van der Waals surface area contributed by atoms with E-state index >= 15 is 0 Å². The number of allylic oxidation sites excluding steroid dienone is 1. The number of ketones is 1. The van der Waals surface area contributed by atoms with E-state index in [1.54, 1.807) is 39.5 Å². The summed E-state index contributed by atoms with van der Waals surface area (Å²) >= 11 is 0. The van der Waals surface area contributed by atoms with Crippen LogP contribution in [0.15, 0.2) is 60.4 Å². The number of carbonyl (C=O) groups excluding carboxylic acids is 1. The third-order valence-electron chi connectivity index (χ3n) is 6.30. The van der Waals surface area contributed by atoms with E-state index in [4.69, 9.17) is 23.7 Å². The first-order valence-corrected chi connectivity index (χ1v) is 11.4. The Bertz CT molecular complexity index is 1300. The molecule has 2 aliphatic heterocycles. The first-order valence-electron chi connectivity index (χ1n) is 11.4. The number of Topliss-reactive ketones (excluding diaryl/α,β-unsaturated/α-hetero) is 1. The Hall–Kier alpha value is -3.97. The molecule has 0 N–H and O–H groups in total. The molecule has 0 spiro atoms. The van der Waals surface area contributed by atoms with Gasteiger partial charge in [0.1, 0.15) is 35.5 Å². The number of methoxy groups -OCH3 is 3. The molecule has 7 nitrogen and oxygen atoms in total. The van der Waals surface area contributed by atoms with Gasteiger partial charge in [0.05, 0.1) is 32.5 Å². The average Bonchev–Trinajstić information content (AvgIpc) is 3.23. The van der Waals surface area contributed by atoms with Gasteiger partial charge < -0.3 is 23.7 Å². The molecule has 0 aromatic heterocycles. The molecule has 5 rings (SSSR count). The SMILES string of the molecule is COc1ccc(/C=C2\Oc3c(ccc4c3CN(CCc3ccccc3OC)CO4)C2=O)c(OC)c1. The number of hydrogen-bond donors (Lipinski definition) is 0. The molecule has 180 valence electrons. The van der Waals surface area contributed by atoms with Crippen LogP contribution in [0.1, 0.15) is 27.0 Å². The number of rotatable bonds is 7. The van der Waals surface area contributed by atoms with Gasteiger partial charge in [-0.05, 0) is 48.4 Å². The van der Waals surface area contributed by atoms with Crippen LogP contribution in [0.25, 0.3) is 6.08 Å². The van der Waals surface area contributed by atoms with Gasteiger partial charge in [0.15, 0.2) is 5.76 Å². The lowest BCUT2D eigenvalue weighted by Crippen LogP contribution is -2.33. The second-order valence-electron chi connectivity index (χ2n) is 8.35. The molecular weight excluding hydrogens is 446 g/mol. The van der Waals surface area contributed by atoms with Crippen molar-refractivity contribution in [3.63, 3.8) is 0 Å². The summed E-state index contributed by atoms with van der Waals surface area (Å²) in [4.78, 5) is 15.3. The minimum absolute atomic E-state index is 0.160. The molecule has 0 unspecified atom stereocenters. The molecule has 0 saturated carbocycles. The largest absolute Gasteiger partial charge is 0.497 e. The van der Waals surface area contributed by atoms with Crippen molar-refractivity contribution in [3.05, 3.63) is 82.6 Å². The average molecular weight is 474 g/mol. The molecule has 0 radical (unpaired) electrons. The van der Waals surface area contributed by atoms with Crippen LogP contribution in [0.2, 0.25) is 0 Å². The fourth-order valence-electron chi connectivity index (χ4n) is 4.41. The van der Waals surface area contributed by atoms with Crippen molar-refractivity contribution in [1.82, 2.24) is 4.90 Å². The number of nitrogens with zero attached hydrogens (tertiary/aromatic N) is 1. The molecule has 7 heteroatoms. The first-order chi connectivity index (χ1) is 17.1. The lowest BCUT2D eigenvalue weighted by molar-refractivity contribution is 0.0948. The van der Waals surface area contributed by atoms with Crippen LogP contribution in [-0.2, 0) is 13.0 Å². The van der Waals surface area contributed by atoms with E-state index in [2.05, 4.69) is 11.0 Å². The maximum absolute atomic E-state index is 13.1. The lowest BCUT2D eigenvalue weighted by atomic mass is 10.0. The van der Waals surface area contributed by atoms with E-state index in [0.717, 1.165) is 41.2 Å². The van der Waals surface area contributed by atoms with E-state index < -0.39 is 0 Å². The maximum Gasteiger partial charge on any atom is 0.231 e. The molecule has 0 atom stereocenters. The summed E-state index contributed by atoms with van der Waals surface area (Å²) in [6, 6.07) is 17.1. The molecule has 0 aliphatic carbocycles. The topological polar surface area (TPSA) is 66.5 Å². The first kappa shape index (κ1) is 22.8. The number of fused-ring (bicyclic) bond motifs is 3. The molecule has 3 aromatic rings. The van der Waals surface area contributed by atoms with E-state index in [0.29, 0.717) is 36.1 Å². The number of para-hydroxylation sites is 1. The van der Waals surface area contributed by atoms with Crippen LogP contribution in [-0.4, -0.2) is 45.3 Å². The van der Waals surface area contributed by atoms with Crippen molar-refractivity contribution in [2.45, 2.75) is 13.0 Å². The van der Waals surface area contributed by atoms with E-state index in [9.17, 15) is 4.79 Å². The minimum atomic E-state index is -0.160. The molecule has 2 aliphatic rings. The zero-order valence-electron chi connectivity index (χ0n) is 20.0. The minimum Gasteiger partial charge on any atom is -0.497 e. The molecule has 35 heavy (non-hydrogen) atoms. The maximum atomic E-state index is 13.1. The highest BCUT2D eigenvalue weighted by atomic mass is 16.5. The monoisotopic (exact) mass is 473 g/mol. The fraction of sp³-hybridized carbons (Fsp3) is 0.250. The van der Waals surface area contributed by atoms with Crippen LogP contribution in [0.5, 0.6) is 28.7 Å². The predicted molar refractivity (Wildman–Crippen MR) is 132 cm³/mol. The van der Waals surface area contributed by atoms with Crippen molar-refractivity contribution in [3.8, 4) is 28.7 Å². The van der Waals surface area contributed by atoms with Gasteiger partial charge >= 0.3 is 0 Å². The Kier molecular flexibility index (Phi) is 6.33. The second kappa shape index (κ2) is 9.72. The van der Waals surface area contributed by atoms with Crippen molar-refractivity contribution in [2.24, 2.45) is 0 Å². The second-order valence-corrected chi connectivity index (χ2v) is 8.35. The highest BCUT2D eigenvalue weighted by molar-refractivity contribution is 6.15. The highest BCUT2D eigenvalue weighted by Crippen LogP contribution is 2.42. The summed E-state index contributed by atoms with van der Waals surface area (Å²) in [5.41, 5.74) is 3.29. The zero-order chi connectivity index (χ0) is 24.4. The van der Waals surface area contributed by atoms with Crippen molar-refractivity contribution in [1.29, 1.82) is 0 Å². The standard InChI is InChI=1S/C28H27NO6/c1-31-20-9-8-19(25(15-20)33-3)14-26-27(30)21-10-11-24-22(28(21)35-26)16-29(17-34-24)13-12-18-6-4-5-7-23(18)32-2/h4-11,14-15H,12-13,16-17H2,1-3H3/b26-14-. The van der Waals surface area contributed by atoms with Crippen LogP contribution >= 0.6 is 0 Å². The summed E-state index contributed by atoms with van der Waals surface area (Å²) < 4.78 is 28.3. The molecule has 0 bridgehead atoms. The smallest absolute Gasteiger partial charge is 0.231 e. The summed E-state index contributed by atoms with van der Waals surface area (Å²) in [5, 5.41) is 0. The fourth-order valence-corrected chi connectivity index (χ4v) is 4.41. The van der Waals surface area contributed by atoms with Gasteiger partial charge in [-0.3, -0.25) is 9.69 Å². The van der Waals surface area contributed by atoms with Gasteiger partial charge in [-0.2, -0.15) is 0 Å². The third kappa shape index (κ3) is 4.42. The number of ether oxygens (including phenoxy) is 5. The van der Waals surface area contributed by atoms with Crippen LogP contribution in [0, 0.1) is 0 Å². The van der Waals surface area contributed by atoms with Gasteiger partial charge in [0, 0.05) is 24.7 Å². The van der Waals surface area contributed by atoms with Gasteiger partial charge in [0.25, 0.3) is 0 Å². The number of carbonyl (C=O) groups is 1. The normalized spacial score (nSPS) is 15.7. The molecule has 3 aromatic carbocycles. The van der Waals surface area contributed by atoms with Crippen molar-refractivity contribution in [2.75, 3.05) is 34.6 Å². The molecule has 0 saturated heterocycles. The van der Waals surface area contributed by atoms with E-state index in [1.807, 2.05) is 36.4 Å². The van der Waals surface area contributed by atoms with Gasteiger partial charge in [0.2, 0.25) is 5.78 Å². The molecule has 2 heterocycles. The van der Waals surface area contributed by atoms with Gasteiger partial charge in [-0.1, -0.05) is 18.2 Å². The van der Waals surface area contributed by atoms with E-state index in [1.165, 1.54) is 0 Å². The summed E-state index contributed by atoms with van der Waals surface area (Å²) in [6.45, 7) is 1.88. The third-order valence-corrected chi connectivity index (χ3v) is 6.30. The molecular formula is C28H27NO6. The van der Waals surface area contributed by atoms with Gasteiger partial charge in [-0.25, -0.2) is 0 Å². The van der Waals surface area contributed by atoms with Crippen molar-refractivity contribution >= 4 is 11.9 Å². The Morgan fingerprint density at radius 3 is 2.60 bits per heavy atom. The number of benzene rings is 3. The number of hydrogen-bond acceptors (Lipinski definition) is 7. The predicted octanol–water partition coefficient (Wildman–Crippen LogP) is 4.72. The van der Waals surface area contributed by atoms with Gasteiger partial charge in [-0.15, -0.1) is 0 Å². The Balaban J connectivity index is 1.37. The Morgan fingerprint density at radius 1 is 0.971 bits per heavy atom. The van der Waals surface area contributed by atoms with E-state index in [-0.39, 0.29) is 11.5 Å². The molecule has 0 amide bonds. The van der Waals surface area contributed by atoms with Crippen molar-refractivity contribution < 1.29 is 28.5 Å². The Labute approximate surface area is 204 Å².